The molecule has 6 nitrogen and oxygen atoms in total. The highest BCUT2D eigenvalue weighted by molar-refractivity contribution is 7.92. The van der Waals surface area contributed by atoms with Gasteiger partial charge < -0.3 is 9.84 Å². The summed E-state index contributed by atoms with van der Waals surface area (Å²) in [6.45, 7) is 1.71. The third-order valence-electron chi connectivity index (χ3n) is 3.10. The van der Waals surface area contributed by atoms with Crippen molar-refractivity contribution < 1.29 is 23.1 Å². The molecule has 1 N–H and O–H groups in total. The van der Waals surface area contributed by atoms with Crippen LogP contribution in [0.2, 0.25) is 0 Å². The van der Waals surface area contributed by atoms with Gasteiger partial charge in [-0.25, -0.2) is 13.2 Å². The summed E-state index contributed by atoms with van der Waals surface area (Å²) in [6, 6.07) is 6.58. The summed E-state index contributed by atoms with van der Waals surface area (Å²) in [5.41, 5.74) is 0.404. The molecule has 1 aromatic carbocycles. The number of hydrogen-bond donors (Lipinski definition) is 1. The van der Waals surface area contributed by atoms with E-state index < -0.39 is 22.1 Å². The largest absolute Gasteiger partial charge is 0.478 e. The van der Waals surface area contributed by atoms with Crippen molar-refractivity contribution in [3.05, 3.63) is 24.3 Å². The molecule has 110 valence electrons. The molecule has 0 aromatic heterocycles. The average Bonchev–Trinajstić information content (AvgIpc) is 2.43. The van der Waals surface area contributed by atoms with Crippen LogP contribution < -0.4 is 9.04 Å². The lowest BCUT2D eigenvalue weighted by Crippen LogP contribution is -2.47. The zero-order valence-corrected chi connectivity index (χ0v) is 12.0. The maximum absolute atomic E-state index is 12.4. The number of aliphatic carboxylic acids is 1. The van der Waals surface area contributed by atoms with Crippen LogP contribution in [0.5, 0.6) is 5.75 Å². The normalized spacial score (nSPS) is 18.2. The molecule has 2 rings (SSSR count). The van der Waals surface area contributed by atoms with Gasteiger partial charge in [0.2, 0.25) is 16.1 Å². The number of para-hydroxylation sites is 2. The Bertz CT molecular complexity index is 599. The summed E-state index contributed by atoms with van der Waals surface area (Å²) in [5, 5.41) is 9.08. The Morgan fingerprint density at radius 3 is 2.80 bits per heavy atom. The van der Waals surface area contributed by atoms with E-state index in [1.165, 1.54) is 0 Å². The summed E-state index contributed by atoms with van der Waals surface area (Å²) in [7, 11) is -3.54. The lowest BCUT2D eigenvalue weighted by Gasteiger charge is -2.33. The minimum Gasteiger partial charge on any atom is -0.478 e. The lowest BCUT2D eigenvalue weighted by molar-refractivity contribution is -0.144. The topological polar surface area (TPSA) is 83.9 Å². The molecule has 1 atom stereocenters. The molecular weight excluding hydrogens is 282 g/mol. The number of benzene rings is 1. The fraction of sp³-hybridized carbons (Fsp3) is 0.462. The smallest absolute Gasteiger partial charge is 0.346 e. The fourth-order valence-corrected chi connectivity index (χ4v) is 3.72. The van der Waals surface area contributed by atoms with Crippen molar-refractivity contribution in [1.29, 1.82) is 0 Å². The third kappa shape index (κ3) is 2.87. The molecular formula is C13H17NO5S. The molecule has 0 bridgehead atoms. The number of nitrogens with zero attached hydrogens (tertiary/aromatic N) is 1. The molecule has 0 radical (unpaired) electrons. The second kappa shape index (κ2) is 5.70. The summed E-state index contributed by atoms with van der Waals surface area (Å²) in [6.07, 6.45) is 0.119. The first kappa shape index (κ1) is 14.6. The standard InChI is InChI=1S/C13H17NO5S/c1-2-3-8-20(17,18)14-9-12(13(15)16)19-11-7-5-4-6-10(11)14/h4-7,12H,2-3,8-9H2,1H3,(H,15,16). The van der Waals surface area contributed by atoms with E-state index in [2.05, 4.69) is 0 Å². The van der Waals surface area contributed by atoms with Crippen LogP contribution in [0.4, 0.5) is 5.69 Å². The Hall–Kier alpha value is -1.76. The van der Waals surface area contributed by atoms with Gasteiger partial charge in [-0.2, -0.15) is 0 Å². The maximum atomic E-state index is 12.4. The van der Waals surface area contributed by atoms with Gasteiger partial charge in [-0.1, -0.05) is 25.5 Å². The van der Waals surface area contributed by atoms with Gasteiger partial charge in [-0.15, -0.1) is 0 Å². The number of fused-ring (bicyclic) bond motifs is 1. The van der Waals surface area contributed by atoms with Crippen molar-refractivity contribution in [3.63, 3.8) is 0 Å². The van der Waals surface area contributed by atoms with Crippen molar-refractivity contribution in [2.24, 2.45) is 0 Å². The molecule has 0 aliphatic carbocycles. The molecule has 1 unspecified atom stereocenters. The number of rotatable bonds is 5. The zero-order valence-electron chi connectivity index (χ0n) is 11.2. The van der Waals surface area contributed by atoms with Crippen molar-refractivity contribution in [1.82, 2.24) is 0 Å². The highest BCUT2D eigenvalue weighted by Gasteiger charge is 2.36. The highest BCUT2D eigenvalue weighted by atomic mass is 32.2. The lowest BCUT2D eigenvalue weighted by atomic mass is 10.2. The van der Waals surface area contributed by atoms with E-state index in [0.717, 1.165) is 10.7 Å². The maximum Gasteiger partial charge on any atom is 0.346 e. The summed E-state index contributed by atoms with van der Waals surface area (Å²) in [4.78, 5) is 11.1. The fourth-order valence-electron chi connectivity index (χ4n) is 2.03. The predicted molar refractivity (Wildman–Crippen MR) is 74.5 cm³/mol. The zero-order chi connectivity index (χ0) is 14.8. The molecule has 1 heterocycles. The molecule has 1 aromatic rings. The molecule has 1 aliphatic rings. The summed E-state index contributed by atoms with van der Waals surface area (Å²) < 4.78 is 31.2. The van der Waals surface area contributed by atoms with Crippen LogP contribution in [-0.2, 0) is 14.8 Å². The van der Waals surface area contributed by atoms with E-state index >= 15 is 0 Å². The Balaban J connectivity index is 2.38. The van der Waals surface area contributed by atoms with E-state index in [9.17, 15) is 13.2 Å². The number of ether oxygens (including phenoxy) is 1. The minimum atomic E-state index is -3.54. The van der Waals surface area contributed by atoms with Crippen LogP contribution in [0.1, 0.15) is 19.8 Å². The molecule has 20 heavy (non-hydrogen) atoms. The van der Waals surface area contributed by atoms with Gasteiger partial charge in [0.05, 0.1) is 18.0 Å². The molecule has 0 spiro atoms. The van der Waals surface area contributed by atoms with Gasteiger partial charge in [-0.05, 0) is 18.6 Å². The van der Waals surface area contributed by atoms with Crippen molar-refractivity contribution in [2.45, 2.75) is 25.9 Å². The number of carboxylic acids is 1. The predicted octanol–water partition coefficient (Wildman–Crippen LogP) is 1.47. The van der Waals surface area contributed by atoms with Gasteiger partial charge in [0.25, 0.3) is 0 Å². The van der Waals surface area contributed by atoms with E-state index in [1.807, 2.05) is 6.92 Å². The molecule has 7 heteroatoms. The van der Waals surface area contributed by atoms with E-state index in [0.29, 0.717) is 12.1 Å². The second-order valence-electron chi connectivity index (χ2n) is 4.61. The first-order valence-electron chi connectivity index (χ1n) is 6.44. The minimum absolute atomic E-state index is 0.00414. The second-order valence-corrected chi connectivity index (χ2v) is 6.63. The van der Waals surface area contributed by atoms with Crippen LogP contribution in [0.3, 0.4) is 0 Å². The van der Waals surface area contributed by atoms with Crippen LogP contribution in [0.15, 0.2) is 24.3 Å². The molecule has 0 saturated carbocycles. The monoisotopic (exact) mass is 299 g/mol. The van der Waals surface area contributed by atoms with Gasteiger partial charge in [0.15, 0.2) is 0 Å². The van der Waals surface area contributed by atoms with E-state index in [4.69, 9.17) is 9.84 Å². The van der Waals surface area contributed by atoms with Gasteiger partial charge in [0.1, 0.15) is 5.75 Å². The molecule has 0 saturated heterocycles. The summed E-state index contributed by atoms with van der Waals surface area (Å²) in [5.74, 6) is -0.883. The molecule has 0 fully saturated rings. The van der Waals surface area contributed by atoms with Crippen LogP contribution >= 0.6 is 0 Å². The number of anilines is 1. The first-order valence-corrected chi connectivity index (χ1v) is 8.05. The Morgan fingerprint density at radius 2 is 2.15 bits per heavy atom. The molecule has 1 aliphatic heterocycles. The van der Waals surface area contributed by atoms with Gasteiger partial charge >= 0.3 is 5.97 Å². The van der Waals surface area contributed by atoms with Crippen molar-refractivity contribution in [2.75, 3.05) is 16.6 Å². The Labute approximate surface area is 118 Å². The van der Waals surface area contributed by atoms with Crippen molar-refractivity contribution in [3.8, 4) is 5.75 Å². The Kier molecular flexibility index (Phi) is 4.17. The van der Waals surface area contributed by atoms with Gasteiger partial charge in [0, 0.05) is 0 Å². The Morgan fingerprint density at radius 1 is 1.45 bits per heavy atom. The van der Waals surface area contributed by atoms with Crippen LogP contribution in [0, 0.1) is 0 Å². The molecule has 0 amide bonds. The SMILES string of the molecule is CCCCS(=O)(=O)N1CC(C(=O)O)Oc2ccccc21. The summed E-state index contributed by atoms with van der Waals surface area (Å²) >= 11 is 0. The number of sulfonamides is 1. The van der Waals surface area contributed by atoms with E-state index in [1.54, 1.807) is 24.3 Å². The van der Waals surface area contributed by atoms with Crippen molar-refractivity contribution >= 4 is 21.7 Å². The first-order chi connectivity index (χ1) is 9.45. The number of carbonyl (C=O) groups is 1. The number of carboxylic acid groups (broad SMARTS) is 1. The number of unbranched alkanes of at least 4 members (excludes halogenated alkanes) is 1. The quantitative estimate of drug-likeness (QED) is 0.890. The number of hydrogen-bond acceptors (Lipinski definition) is 4. The highest BCUT2D eigenvalue weighted by Crippen LogP contribution is 2.35. The average molecular weight is 299 g/mol. The van der Waals surface area contributed by atoms with Crippen LogP contribution in [-0.4, -0.2) is 37.9 Å². The van der Waals surface area contributed by atoms with Gasteiger partial charge in [-0.3, -0.25) is 4.31 Å². The van der Waals surface area contributed by atoms with Crippen LogP contribution in [0.25, 0.3) is 0 Å². The van der Waals surface area contributed by atoms with E-state index in [-0.39, 0.29) is 18.0 Å². The third-order valence-corrected chi connectivity index (χ3v) is 4.92.